The second-order valence-electron chi connectivity index (χ2n) is 4.95. The third kappa shape index (κ3) is 4.23. The number of carbonyl (C=O) groups excluding carboxylic acids is 1. The Morgan fingerprint density at radius 3 is 2.83 bits per heavy atom. The first-order valence-corrected chi connectivity index (χ1v) is 8.95. The number of hydrogen-bond acceptors (Lipinski definition) is 4. The molecule has 1 saturated heterocycles. The Morgan fingerprint density at radius 2 is 2.12 bits per heavy atom. The van der Waals surface area contributed by atoms with Crippen molar-refractivity contribution >= 4 is 56.2 Å². The number of nitrogens with one attached hydrogen (secondary N) is 1. The lowest BCUT2D eigenvalue weighted by molar-refractivity contribution is -0.115. The summed E-state index contributed by atoms with van der Waals surface area (Å²) < 4.78 is 20.3. The predicted octanol–water partition coefficient (Wildman–Crippen LogP) is 4.66. The Labute approximate surface area is 156 Å². The van der Waals surface area contributed by atoms with Crippen molar-refractivity contribution in [2.45, 2.75) is 6.61 Å². The molecule has 0 atom stereocenters. The standard InChI is InChI=1S/C17H11BrFNO2S2/c18-12-4-5-14(22-9-10-2-1-3-13(19)6-10)11(7-12)8-15-16(21)20-17(23)24-15/h1-8H,9H2,(H,20,21,23). The molecule has 1 aliphatic heterocycles. The molecular weight excluding hydrogens is 413 g/mol. The molecule has 2 aromatic rings. The van der Waals surface area contributed by atoms with Crippen LogP contribution in [0, 0.1) is 5.82 Å². The van der Waals surface area contributed by atoms with E-state index in [0.29, 0.717) is 15.0 Å². The molecule has 24 heavy (non-hydrogen) atoms. The fourth-order valence-electron chi connectivity index (χ4n) is 2.11. The van der Waals surface area contributed by atoms with Gasteiger partial charge in [0, 0.05) is 10.0 Å². The van der Waals surface area contributed by atoms with Crippen LogP contribution in [-0.4, -0.2) is 10.2 Å². The number of hydrogen-bond donors (Lipinski definition) is 1. The second-order valence-corrected chi connectivity index (χ2v) is 7.59. The minimum atomic E-state index is -0.304. The van der Waals surface area contributed by atoms with Crippen LogP contribution < -0.4 is 10.1 Å². The molecule has 7 heteroatoms. The molecule has 0 bridgehead atoms. The fourth-order valence-corrected chi connectivity index (χ4v) is 3.53. The van der Waals surface area contributed by atoms with Gasteiger partial charge in [0.25, 0.3) is 5.91 Å². The maximum absolute atomic E-state index is 13.2. The molecule has 0 unspecified atom stereocenters. The fraction of sp³-hybridized carbons (Fsp3) is 0.0588. The first-order valence-electron chi connectivity index (χ1n) is 6.93. The topological polar surface area (TPSA) is 38.3 Å². The monoisotopic (exact) mass is 423 g/mol. The Morgan fingerprint density at radius 1 is 1.29 bits per heavy atom. The molecule has 1 heterocycles. The lowest BCUT2D eigenvalue weighted by atomic mass is 10.1. The maximum Gasteiger partial charge on any atom is 0.263 e. The summed E-state index contributed by atoms with van der Waals surface area (Å²) in [5.74, 6) is 0.0732. The van der Waals surface area contributed by atoms with Crippen LogP contribution in [0.5, 0.6) is 5.75 Å². The van der Waals surface area contributed by atoms with Crippen molar-refractivity contribution < 1.29 is 13.9 Å². The zero-order valence-electron chi connectivity index (χ0n) is 12.2. The van der Waals surface area contributed by atoms with Crippen molar-refractivity contribution in [3.05, 3.63) is 68.8 Å². The molecule has 122 valence electrons. The van der Waals surface area contributed by atoms with E-state index in [9.17, 15) is 9.18 Å². The SMILES string of the molecule is O=C1NC(=S)SC1=Cc1cc(Br)ccc1OCc1cccc(F)c1. The van der Waals surface area contributed by atoms with Crippen molar-refractivity contribution in [2.24, 2.45) is 0 Å². The zero-order valence-corrected chi connectivity index (χ0v) is 15.4. The highest BCUT2D eigenvalue weighted by Gasteiger charge is 2.22. The quantitative estimate of drug-likeness (QED) is 0.573. The van der Waals surface area contributed by atoms with E-state index in [1.54, 1.807) is 24.3 Å². The number of thioether (sulfide) groups is 1. The third-order valence-corrected chi connectivity index (χ3v) is 4.84. The summed E-state index contributed by atoms with van der Waals surface area (Å²) in [5.41, 5.74) is 1.47. The average Bonchev–Trinajstić information content (AvgIpc) is 2.84. The largest absolute Gasteiger partial charge is 0.488 e. The van der Waals surface area contributed by atoms with Crippen LogP contribution in [0.3, 0.4) is 0 Å². The highest BCUT2D eigenvalue weighted by Crippen LogP contribution is 2.31. The summed E-state index contributed by atoms with van der Waals surface area (Å²) in [6.45, 7) is 0.229. The Kier molecular flexibility index (Phi) is 5.33. The summed E-state index contributed by atoms with van der Waals surface area (Å²) in [5, 5.41) is 2.58. The van der Waals surface area contributed by atoms with Crippen LogP contribution in [0.4, 0.5) is 4.39 Å². The van der Waals surface area contributed by atoms with Gasteiger partial charge in [-0.25, -0.2) is 4.39 Å². The van der Waals surface area contributed by atoms with E-state index in [4.69, 9.17) is 17.0 Å². The zero-order chi connectivity index (χ0) is 17.1. The van der Waals surface area contributed by atoms with E-state index < -0.39 is 0 Å². The van der Waals surface area contributed by atoms with Crippen LogP contribution in [0.1, 0.15) is 11.1 Å². The minimum absolute atomic E-state index is 0.221. The molecule has 0 radical (unpaired) electrons. The van der Waals surface area contributed by atoms with Crippen LogP contribution in [0.15, 0.2) is 51.8 Å². The van der Waals surface area contributed by atoms with E-state index in [1.807, 2.05) is 12.1 Å². The first-order chi connectivity index (χ1) is 11.5. The summed E-state index contributed by atoms with van der Waals surface area (Å²) >= 11 is 9.61. The molecule has 1 aliphatic rings. The van der Waals surface area contributed by atoms with Crippen molar-refractivity contribution in [2.75, 3.05) is 0 Å². The lowest BCUT2D eigenvalue weighted by Crippen LogP contribution is -2.17. The molecule has 3 rings (SSSR count). The molecule has 1 N–H and O–H groups in total. The van der Waals surface area contributed by atoms with Gasteiger partial charge < -0.3 is 10.1 Å². The van der Waals surface area contributed by atoms with Gasteiger partial charge in [0.2, 0.25) is 0 Å². The molecule has 0 aliphatic carbocycles. The summed E-state index contributed by atoms with van der Waals surface area (Å²) in [7, 11) is 0. The van der Waals surface area contributed by atoms with Gasteiger partial charge in [-0.15, -0.1) is 0 Å². The van der Waals surface area contributed by atoms with E-state index >= 15 is 0 Å². The lowest BCUT2D eigenvalue weighted by Gasteiger charge is -2.10. The molecule has 0 saturated carbocycles. The normalized spacial score (nSPS) is 15.7. The maximum atomic E-state index is 13.2. The third-order valence-electron chi connectivity index (χ3n) is 3.18. The molecule has 2 aromatic carbocycles. The summed E-state index contributed by atoms with van der Waals surface area (Å²) in [4.78, 5) is 12.3. The smallest absolute Gasteiger partial charge is 0.263 e. The van der Waals surface area contributed by atoms with Crippen LogP contribution in [-0.2, 0) is 11.4 Å². The summed E-state index contributed by atoms with van der Waals surface area (Å²) in [6.07, 6.45) is 1.73. The number of ether oxygens (including phenoxy) is 1. The predicted molar refractivity (Wildman–Crippen MR) is 101 cm³/mol. The second kappa shape index (κ2) is 7.46. The van der Waals surface area contributed by atoms with Gasteiger partial charge in [0.1, 0.15) is 22.5 Å². The Balaban J connectivity index is 1.84. The number of amides is 1. The van der Waals surface area contributed by atoms with Gasteiger partial charge in [-0.2, -0.15) is 0 Å². The minimum Gasteiger partial charge on any atom is -0.488 e. The number of carbonyl (C=O) groups is 1. The Bertz CT molecular complexity index is 854. The van der Waals surface area contributed by atoms with Gasteiger partial charge in [0.05, 0.1) is 4.91 Å². The van der Waals surface area contributed by atoms with Crippen molar-refractivity contribution in [3.8, 4) is 5.75 Å². The number of thiocarbonyl (C=S) groups is 1. The van der Waals surface area contributed by atoms with Gasteiger partial charge in [-0.3, -0.25) is 4.79 Å². The van der Waals surface area contributed by atoms with Gasteiger partial charge in [-0.1, -0.05) is 52.0 Å². The number of rotatable bonds is 4. The average molecular weight is 424 g/mol. The van der Waals surface area contributed by atoms with Crippen molar-refractivity contribution in [3.63, 3.8) is 0 Å². The molecule has 0 spiro atoms. The van der Waals surface area contributed by atoms with E-state index in [0.717, 1.165) is 15.6 Å². The van der Waals surface area contributed by atoms with Crippen LogP contribution in [0.2, 0.25) is 0 Å². The summed E-state index contributed by atoms with van der Waals surface area (Å²) in [6, 6.07) is 11.7. The molecule has 3 nitrogen and oxygen atoms in total. The van der Waals surface area contributed by atoms with E-state index in [2.05, 4.69) is 21.2 Å². The van der Waals surface area contributed by atoms with Crippen LogP contribution in [0.25, 0.3) is 6.08 Å². The van der Waals surface area contributed by atoms with Gasteiger partial charge >= 0.3 is 0 Å². The number of halogens is 2. The van der Waals surface area contributed by atoms with E-state index in [1.165, 1.54) is 23.9 Å². The molecule has 1 fully saturated rings. The van der Waals surface area contributed by atoms with E-state index in [-0.39, 0.29) is 18.3 Å². The highest BCUT2D eigenvalue weighted by atomic mass is 79.9. The highest BCUT2D eigenvalue weighted by molar-refractivity contribution is 9.10. The van der Waals surface area contributed by atoms with Crippen molar-refractivity contribution in [1.82, 2.24) is 5.32 Å². The Hall–Kier alpha value is -1.70. The molecule has 0 aromatic heterocycles. The van der Waals surface area contributed by atoms with Gasteiger partial charge in [0.15, 0.2) is 0 Å². The van der Waals surface area contributed by atoms with Crippen LogP contribution >= 0.6 is 39.9 Å². The molecular formula is C17H11BrFNO2S2. The first kappa shape index (κ1) is 17.1. The number of benzene rings is 2. The van der Waals surface area contributed by atoms with Crippen molar-refractivity contribution in [1.29, 1.82) is 0 Å². The molecule has 1 amide bonds. The van der Waals surface area contributed by atoms with Gasteiger partial charge in [-0.05, 0) is 42.0 Å².